The minimum atomic E-state index is -0.472. The summed E-state index contributed by atoms with van der Waals surface area (Å²) in [6.45, 7) is 5.94. The van der Waals surface area contributed by atoms with E-state index in [0.717, 1.165) is 27.7 Å². The van der Waals surface area contributed by atoms with Gasteiger partial charge in [0, 0.05) is 5.38 Å². The van der Waals surface area contributed by atoms with Crippen LogP contribution in [0.4, 0.5) is 5.13 Å². The van der Waals surface area contributed by atoms with Crippen LogP contribution in [0.2, 0.25) is 0 Å². The number of amides is 1. The fourth-order valence-electron chi connectivity index (χ4n) is 1.84. The molecule has 1 atom stereocenters. The number of nitrogens with zero attached hydrogens (tertiary/aromatic N) is 2. The van der Waals surface area contributed by atoms with E-state index in [2.05, 4.69) is 15.3 Å². The van der Waals surface area contributed by atoms with Crippen molar-refractivity contribution in [2.75, 3.05) is 5.32 Å². The van der Waals surface area contributed by atoms with E-state index in [1.165, 1.54) is 11.3 Å². The number of aryl methyl sites for hydroxylation is 2. The molecule has 2 aromatic rings. The fourth-order valence-corrected chi connectivity index (χ4v) is 3.50. The summed E-state index contributed by atoms with van der Waals surface area (Å²) in [6.07, 6.45) is 1.56. The van der Waals surface area contributed by atoms with Gasteiger partial charge < -0.3 is 11.1 Å². The number of thiazole rings is 2. The van der Waals surface area contributed by atoms with Crippen molar-refractivity contribution in [3.05, 3.63) is 16.1 Å². The van der Waals surface area contributed by atoms with Crippen molar-refractivity contribution in [3.63, 3.8) is 0 Å². The van der Waals surface area contributed by atoms with Crippen LogP contribution < -0.4 is 11.1 Å². The zero-order chi connectivity index (χ0) is 14.7. The van der Waals surface area contributed by atoms with Crippen LogP contribution in [0.15, 0.2) is 5.38 Å². The van der Waals surface area contributed by atoms with Crippen LogP contribution >= 0.6 is 35.1 Å². The van der Waals surface area contributed by atoms with Gasteiger partial charge >= 0.3 is 0 Å². The number of nitrogens with two attached hydrogens (primary N) is 1. The molecule has 0 aliphatic heterocycles. The summed E-state index contributed by atoms with van der Waals surface area (Å²) < 4.78 is 0. The van der Waals surface area contributed by atoms with Crippen molar-refractivity contribution in [1.82, 2.24) is 9.97 Å². The highest BCUT2D eigenvalue weighted by atomic mass is 35.5. The molecule has 0 fully saturated rings. The summed E-state index contributed by atoms with van der Waals surface area (Å²) in [5, 5.41) is 6.30. The van der Waals surface area contributed by atoms with Crippen molar-refractivity contribution in [1.29, 1.82) is 0 Å². The van der Waals surface area contributed by atoms with E-state index in [4.69, 9.17) is 5.73 Å². The van der Waals surface area contributed by atoms with E-state index < -0.39 is 6.04 Å². The number of aromatic nitrogens is 2. The third-order valence-electron chi connectivity index (χ3n) is 2.81. The third kappa shape index (κ3) is 4.47. The minimum Gasteiger partial charge on any atom is -0.320 e. The zero-order valence-electron chi connectivity index (χ0n) is 12.2. The van der Waals surface area contributed by atoms with Crippen molar-refractivity contribution < 1.29 is 4.79 Å². The Morgan fingerprint density at radius 2 is 2.14 bits per heavy atom. The Morgan fingerprint density at radius 1 is 1.43 bits per heavy atom. The van der Waals surface area contributed by atoms with Gasteiger partial charge in [0.2, 0.25) is 5.91 Å². The molecule has 0 aliphatic carbocycles. The molecule has 21 heavy (non-hydrogen) atoms. The van der Waals surface area contributed by atoms with Gasteiger partial charge in [0.15, 0.2) is 5.13 Å². The first kappa shape index (κ1) is 18.0. The molecule has 0 spiro atoms. The lowest BCUT2D eigenvalue weighted by molar-refractivity contribution is -0.117. The fraction of sp³-hybridized carbons (Fsp3) is 0.462. The van der Waals surface area contributed by atoms with Crippen molar-refractivity contribution in [2.45, 2.75) is 39.7 Å². The van der Waals surface area contributed by atoms with Gasteiger partial charge in [0.1, 0.15) is 0 Å². The van der Waals surface area contributed by atoms with E-state index in [0.29, 0.717) is 11.6 Å². The van der Waals surface area contributed by atoms with Gasteiger partial charge in [-0.15, -0.1) is 35.1 Å². The van der Waals surface area contributed by atoms with Gasteiger partial charge in [0.05, 0.1) is 27.3 Å². The lowest BCUT2D eigenvalue weighted by Crippen LogP contribution is -2.35. The molecule has 1 unspecified atom stereocenters. The monoisotopic (exact) mass is 346 g/mol. The Hall–Kier alpha value is -1.02. The normalized spacial score (nSPS) is 11.8. The summed E-state index contributed by atoms with van der Waals surface area (Å²) in [7, 11) is 0. The van der Waals surface area contributed by atoms with Gasteiger partial charge in [-0.2, -0.15) is 0 Å². The second kappa shape index (κ2) is 7.84. The number of rotatable bonds is 5. The molecule has 0 aromatic carbocycles. The van der Waals surface area contributed by atoms with Gasteiger partial charge in [-0.25, -0.2) is 9.97 Å². The van der Waals surface area contributed by atoms with E-state index in [9.17, 15) is 4.79 Å². The molecule has 0 aliphatic rings. The first-order chi connectivity index (χ1) is 9.51. The summed E-state index contributed by atoms with van der Waals surface area (Å²) in [4.78, 5) is 21.7. The van der Waals surface area contributed by atoms with Crippen LogP contribution in [0.1, 0.15) is 30.5 Å². The van der Waals surface area contributed by atoms with Crippen LogP contribution in [0.25, 0.3) is 10.6 Å². The average molecular weight is 347 g/mol. The zero-order valence-corrected chi connectivity index (χ0v) is 14.6. The van der Waals surface area contributed by atoms with E-state index in [-0.39, 0.29) is 18.3 Å². The predicted molar refractivity (Wildman–Crippen MR) is 91.5 cm³/mol. The summed E-state index contributed by atoms with van der Waals surface area (Å²) in [6, 6.07) is -0.472. The summed E-state index contributed by atoms with van der Waals surface area (Å²) in [5.74, 6) is -0.176. The minimum absolute atomic E-state index is 0. The Labute approximate surface area is 138 Å². The van der Waals surface area contributed by atoms with Gasteiger partial charge in [-0.3, -0.25) is 4.79 Å². The third-order valence-corrected chi connectivity index (χ3v) is 4.66. The smallest absolute Gasteiger partial charge is 0.243 e. The number of anilines is 1. The lowest BCUT2D eigenvalue weighted by Gasteiger charge is -2.08. The number of hydrogen-bond donors (Lipinski definition) is 2. The SMILES string of the molecule is CCCC(N)C(=O)Nc1nc(-c2sc(C)nc2C)cs1.Cl. The highest BCUT2D eigenvalue weighted by Gasteiger charge is 2.16. The van der Waals surface area contributed by atoms with Gasteiger partial charge in [-0.05, 0) is 20.3 Å². The van der Waals surface area contributed by atoms with Crippen LogP contribution in [0.5, 0.6) is 0 Å². The van der Waals surface area contributed by atoms with Crippen molar-refractivity contribution in [2.24, 2.45) is 5.73 Å². The summed E-state index contributed by atoms with van der Waals surface area (Å²) >= 11 is 3.02. The molecule has 8 heteroatoms. The van der Waals surface area contributed by atoms with E-state index >= 15 is 0 Å². The standard InChI is InChI=1S/C13H18N4OS2.ClH/c1-4-5-9(14)12(18)17-13-16-10(6-19-13)11-7(2)15-8(3)20-11;/h6,9H,4-5,14H2,1-3H3,(H,16,17,18);1H. The molecule has 2 heterocycles. The van der Waals surface area contributed by atoms with Crippen LogP contribution in [-0.4, -0.2) is 21.9 Å². The molecule has 0 saturated carbocycles. The molecule has 2 aromatic heterocycles. The quantitative estimate of drug-likeness (QED) is 0.869. The molecule has 3 N–H and O–H groups in total. The first-order valence-corrected chi connectivity index (χ1v) is 8.17. The Morgan fingerprint density at radius 3 is 2.71 bits per heavy atom. The summed E-state index contributed by atoms with van der Waals surface area (Å²) in [5.41, 5.74) is 7.61. The van der Waals surface area contributed by atoms with Crippen molar-refractivity contribution in [3.8, 4) is 10.6 Å². The molecule has 2 rings (SSSR count). The van der Waals surface area contributed by atoms with E-state index in [1.54, 1.807) is 11.3 Å². The van der Waals surface area contributed by atoms with Gasteiger partial charge in [-0.1, -0.05) is 13.3 Å². The number of nitrogens with one attached hydrogen (secondary N) is 1. The first-order valence-electron chi connectivity index (χ1n) is 6.47. The second-order valence-corrected chi connectivity index (χ2v) is 6.63. The molecule has 5 nitrogen and oxygen atoms in total. The van der Waals surface area contributed by atoms with Crippen LogP contribution in [0, 0.1) is 13.8 Å². The molecular formula is C13H19ClN4OS2. The largest absolute Gasteiger partial charge is 0.320 e. The maximum Gasteiger partial charge on any atom is 0.243 e. The highest BCUT2D eigenvalue weighted by molar-refractivity contribution is 7.16. The molecule has 0 saturated heterocycles. The number of halogens is 1. The van der Waals surface area contributed by atoms with Gasteiger partial charge in [0.25, 0.3) is 0 Å². The van der Waals surface area contributed by atoms with Crippen LogP contribution in [-0.2, 0) is 4.79 Å². The molecule has 0 bridgehead atoms. The highest BCUT2D eigenvalue weighted by Crippen LogP contribution is 2.31. The average Bonchev–Trinajstić information content (AvgIpc) is 2.96. The lowest BCUT2D eigenvalue weighted by atomic mass is 10.2. The molecule has 0 radical (unpaired) electrons. The molecule has 116 valence electrons. The number of carbonyl (C=O) groups excluding carboxylic acids is 1. The Kier molecular flexibility index (Phi) is 6.73. The molecular weight excluding hydrogens is 328 g/mol. The predicted octanol–water partition coefficient (Wildman–Crippen LogP) is 3.37. The Balaban J connectivity index is 0.00000220. The number of carbonyl (C=O) groups is 1. The maximum atomic E-state index is 11.8. The number of hydrogen-bond acceptors (Lipinski definition) is 6. The van der Waals surface area contributed by atoms with Crippen molar-refractivity contribution >= 4 is 46.1 Å². The van der Waals surface area contributed by atoms with E-state index in [1.807, 2.05) is 26.2 Å². The second-order valence-electron chi connectivity index (χ2n) is 4.57. The van der Waals surface area contributed by atoms with Crippen LogP contribution in [0.3, 0.4) is 0 Å². The Bertz CT molecular complexity index is 611. The molecule has 1 amide bonds. The maximum absolute atomic E-state index is 11.8. The topological polar surface area (TPSA) is 80.9 Å².